The molecule has 0 saturated carbocycles. The van der Waals surface area contributed by atoms with Crippen molar-refractivity contribution in [1.82, 2.24) is 9.78 Å². The van der Waals surface area contributed by atoms with Crippen LogP contribution in [0.3, 0.4) is 0 Å². The van der Waals surface area contributed by atoms with Crippen molar-refractivity contribution >= 4 is 17.9 Å². The second kappa shape index (κ2) is 8.07. The molecule has 5 nitrogen and oxygen atoms in total. The van der Waals surface area contributed by atoms with Crippen molar-refractivity contribution in [2.24, 2.45) is 4.99 Å². The van der Waals surface area contributed by atoms with Crippen LogP contribution in [0.25, 0.3) is 23.0 Å². The standard InChI is InChI=1S/C26H18FN3O2/c1-17-7-9-19(10-8-17)25-28-23(26(31)32-25)15-20-16-30(22-5-3-2-4-6-22)29-24(20)18-11-13-21(27)14-12-18/h2-16H,1H3/b23-15-. The van der Waals surface area contributed by atoms with Gasteiger partial charge in [-0.1, -0.05) is 35.9 Å². The molecule has 1 aliphatic rings. The van der Waals surface area contributed by atoms with Gasteiger partial charge in [-0.2, -0.15) is 5.10 Å². The van der Waals surface area contributed by atoms with E-state index in [4.69, 9.17) is 4.74 Å². The maximum absolute atomic E-state index is 13.5. The van der Waals surface area contributed by atoms with Crippen LogP contribution in [0.4, 0.5) is 4.39 Å². The highest BCUT2D eigenvalue weighted by atomic mass is 19.1. The monoisotopic (exact) mass is 423 g/mol. The van der Waals surface area contributed by atoms with Gasteiger partial charge in [0.25, 0.3) is 0 Å². The highest BCUT2D eigenvalue weighted by Crippen LogP contribution is 2.28. The van der Waals surface area contributed by atoms with E-state index in [9.17, 15) is 9.18 Å². The maximum Gasteiger partial charge on any atom is 0.363 e. The summed E-state index contributed by atoms with van der Waals surface area (Å²) in [5.74, 6) is -0.596. The smallest absolute Gasteiger partial charge is 0.363 e. The molecular formula is C26H18FN3O2. The van der Waals surface area contributed by atoms with Crippen molar-refractivity contribution in [3.63, 3.8) is 0 Å². The van der Waals surface area contributed by atoms with Gasteiger partial charge in [0, 0.05) is 22.9 Å². The molecule has 0 N–H and O–H groups in total. The SMILES string of the molecule is Cc1ccc(C2=N/C(=C\c3cn(-c4ccccc4)nc3-c3ccc(F)cc3)C(=O)O2)cc1. The molecule has 0 fully saturated rings. The van der Waals surface area contributed by atoms with E-state index in [0.29, 0.717) is 11.3 Å². The molecule has 0 amide bonds. The third kappa shape index (κ3) is 3.86. The molecule has 156 valence electrons. The minimum absolute atomic E-state index is 0.177. The number of esters is 1. The van der Waals surface area contributed by atoms with E-state index in [1.165, 1.54) is 12.1 Å². The molecule has 6 heteroatoms. The lowest BCUT2D eigenvalue weighted by atomic mass is 10.1. The average Bonchev–Trinajstić information content (AvgIpc) is 3.39. The molecule has 0 unspecified atom stereocenters. The molecule has 0 aliphatic carbocycles. The summed E-state index contributed by atoms with van der Waals surface area (Å²) in [6.45, 7) is 1.99. The van der Waals surface area contributed by atoms with E-state index in [1.807, 2.05) is 67.7 Å². The van der Waals surface area contributed by atoms with Gasteiger partial charge < -0.3 is 4.74 Å². The number of cyclic esters (lactones) is 1. The van der Waals surface area contributed by atoms with Crippen LogP contribution < -0.4 is 0 Å². The molecular weight excluding hydrogens is 405 g/mol. The third-order valence-electron chi connectivity index (χ3n) is 5.09. The Morgan fingerprint density at radius 2 is 1.59 bits per heavy atom. The Hall–Kier alpha value is -4.32. The van der Waals surface area contributed by atoms with Crippen LogP contribution in [0.1, 0.15) is 16.7 Å². The minimum atomic E-state index is -0.530. The Bertz CT molecular complexity index is 1350. The van der Waals surface area contributed by atoms with E-state index >= 15 is 0 Å². The van der Waals surface area contributed by atoms with Crippen LogP contribution in [0.15, 0.2) is 95.7 Å². The summed E-state index contributed by atoms with van der Waals surface area (Å²) in [6.07, 6.45) is 3.46. The van der Waals surface area contributed by atoms with Crippen LogP contribution in [0.2, 0.25) is 0 Å². The third-order valence-corrected chi connectivity index (χ3v) is 5.09. The van der Waals surface area contributed by atoms with Crippen LogP contribution in [0, 0.1) is 12.7 Å². The second-order valence-corrected chi connectivity index (χ2v) is 7.42. The van der Waals surface area contributed by atoms with Crippen LogP contribution >= 0.6 is 0 Å². The van der Waals surface area contributed by atoms with Gasteiger partial charge in [-0.15, -0.1) is 0 Å². The first-order valence-electron chi connectivity index (χ1n) is 10.1. The van der Waals surface area contributed by atoms with Gasteiger partial charge in [-0.3, -0.25) is 0 Å². The number of aliphatic imine (C=N–C) groups is 1. The number of carbonyl (C=O) groups is 1. The van der Waals surface area contributed by atoms with Gasteiger partial charge in [0.15, 0.2) is 5.70 Å². The fourth-order valence-corrected chi connectivity index (χ4v) is 3.41. The van der Waals surface area contributed by atoms with Crippen LogP contribution in [-0.4, -0.2) is 21.6 Å². The fraction of sp³-hybridized carbons (Fsp3) is 0.0385. The largest absolute Gasteiger partial charge is 0.402 e. The number of benzene rings is 3. The predicted molar refractivity (Wildman–Crippen MR) is 121 cm³/mol. The summed E-state index contributed by atoms with van der Waals surface area (Å²) >= 11 is 0. The van der Waals surface area contributed by atoms with Crippen molar-refractivity contribution in [1.29, 1.82) is 0 Å². The first-order valence-corrected chi connectivity index (χ1v) is 10.1. The van der Waals surface area contributed by atoms with Crippen molar-refractivity contribution < 1.29 is 13.9 Å². The first-order chi connectivity index (χ1) is 15.6. The Balaban J connectivity index is 1.59. The molecule has 5 rings (SSSR count). The number of hydrogen-bond donors (Lipinski definition) is 0. The second-order valence-electron chi connectivity index (χ2n) is 7.42. The van der Waals surface area contributed by atoms with Gasteiger partial charge in [-0.05, 0) is 61.5 Å². The topological polar surface area (TPSA) is 56.5 Å². The number of nitrogens with zero attached hydrogens (tertiary/aromatic N) is 3. The van der Waals surface area contributed by atoms with Crippen molar-refractivity contribution in [3.8, 4) is 16.9 Å². The Kier molecular flexibility index (Phi) is 4.95. The molecule has 1 aliphatic heterocycles. The van der Waals surface area contributed by atoms with Gasteiger partial charge in [0.1, 0.15) is 11.5 Å². The first kappa shape index (κ1) is 19.6. The van der Waals surface area contributed by atoms with Crippen LogP contribution in [-0.2, 0) is 9.53 Å². The number of aromatic nitrogens is 2. The van der Waals surface area contributed by atoms with E-state index in [1.54, 1.807) is 22.9 Å². The van der Waals surface area contributed by atoms with Crippen molar-refractivity contribution in [2.75, 3.05) is 0 Å². The van der Waals surface area contributed by atoms with E-state index < -0.39 is 5.97 Å². The Morgan fingerprint density at radius 1 is 0.906 bits per heavy atom. The van der Waals surface area contributed by atoms with E-state index in [-0.39, 0.29) is 17.4 Å². The number of aryl methyl sites for hydroxylation is 1. The normalized spacial score (nSPS) is 14.5. The summed E-state index contributed by atoms with van der Waals surface area (Å²) in [6, 6.07) is 23.3. The number of carbonyl (C=O) groups excluding carboxylic acids is 1. The molecule has 2 heterocycles. The Labute approximate surface area is 184 Å². The zero-order valence-corrected chi connectivity index (χ0v) is 17.2. The highest BCUT2D eigenvalue weighted by Gasteiger charge is 2.25. The highest BCUT2D eigenvalue weighted by molar-refractivity contribution is 6.13. The number of ether oxygens (including phenoxy) is 1. The summed E-state index contributed by atoms with van der Waals surface area (Å²) in [4.78, 5) is 16.9. The molecule has 0 spiro atoms. The molecule has 4 aromatic rings. The lowest BCUT2D eigenvalue weighted by molar-refractivity contribution is -0.129. The quantitative estimate of drug-likeness (QED) is 0.329. The molecule has 0 radical (unpaired) electrons. The molecule has 3 aromatic carbocycles. The molecule has 0 saturated heterocycles. The zero-order chi connectivity index (χ0) is 22.1. The summed E-state index contributed by atoms with van der Waals surface area (Å²) in [7, 11) is 0. The number of rotatable bonds is 4. The van der Waals surface area contributed by atoms with Crippen molar-refractivity contribution in [2.45, 2.75) is 6.92 Å². The predicted octanol–water partition coefficient (Wildman–Crippen LogP) is 5.33. The van der Waals surface area contributed by atoms with Crippen molar-refractivity contribution in [3.05, 3.63) is 113 Å². The molecule has 0 atom stereocenters. The molecule has 0 bridgehead atoms. The van der Waals surface area contributed by atoms with E-state index in [0.717, 1.165) is 22.4 Å². The number of halogens is 1. The van der Waals surface area contributed by atoms with Crippen LogP contribution in [0.5, 0.6) is 0 Å². The van der Waals surface area contributed by atoms with Gasteiger partial charge in [-0.25, -0.2) is 18.9 Å². The maximum atomic E-state index is 13.5. The summed E-state index contributed by atoms with van der Waals surface area (Å²) < 4.78 is 20.6. The molecule has 1 aromatic heterocycles. The zero-order valence-electron chi connectivity index (χ0n) is 17.2. The van der Waals surface area contributed by atoms with Gasteiger partial charge in [0.2, 0.25) is 5.90 Å². The summed E-state index contributed by atoms with van der Waals surface area (Å²) in [5.41, 5.74) is 4.86. The lowest BCUT2D eigenvalue weighted by Gasteiger charge is -2.00. The number of hydrogen-bond acceptors (Lipinski definition) is 4. The summed E-state index contributed by atoms with van der Waals surface area (Å²) in [5, 5.41) is 4.68. The van der Waals surface area contributed by atoms with Gasteiger partial charge >= 0.3 is 5.97 Å². The minimum Gasteiger partial charge on any atom is -0.402 e. The fourth-order valence-electron chi connectivity index (χ4n) is 3.41. The number of para-hydroxylation sites is 1. The average molecular weight is 423 g/mol. The Morgan fingerprint density at radius 3 is 2.31 bits per heavy atom. The van der Waals surface area contributed by atoms with E-state index in [2.05, 4.69) is 10.1 Å². The lowest BCUT2D eigenvalue weighted by Crippen LogP contribution is -2.05. The molecule has 32 heavy (non-hydrogen) atoms. The van der Waals surface area contributed by atoms with Gasteiger partial charge in [0.05, 0.1) is 5.69 Å².